The molecule has 0 saturated carbocycles. The molecule has 9 heteroatoms. The Balaban J connectivity index is 2.01. The lowest BCUT2D eigenvalue weighted by molar-refractivity contribution is -0.114. The SMILES string of the molecule is CC(=O)Nc1cc2c(Nc3ccc(F)c(Cl)c3)ncnc2cc1OCCCCl. The van der Waals surface area contributed by atoms with Crippen LogP contribution in [-0.2, 0) is 4.79 Å². The summed E-state index contributed by atoms with van der Waals surface area (Å²) in [6, 6.07) is 7.72. The molecular weight excluding hydrogens is 406 g/mol. The number of anilines is 3. The molecule has 0 radical (unpaired) electrons. The Hall–Kier alpha value is -2.64. The van der Waals surface area contributed by atoms with E-state index < -0.39 is 5.82 Å². The van der Waals surface area contributed by atoms with Crippen molar-refractivity contribution in [1.82, 2.24) is 9.97 Å². The Bertz CT molecular complexity index is 1020. The molecule has 0 fully saturated rings. The van der Waals surface area contributed by atoms with Gasteiger partial charge in [0.25, 0.3) is 0 Å². The number of carbonyl (C=O) groups is 1. The number of alkyl halides is 1. The van der Waals surface area contributed by atoms with Gasteiger partial charge in [-0.25, -0.2) is 14.4 Å². The van der Waals surface area contributed by atoms with E-state index in [-0.39, 0.29) is 10.9 Å². The van der Waals surface area contributed by atoms with Crippen LogP contribution in [0.15, 0.2) is 36.7 Å². The summed E-state index contributed by atoms with van der Waals surface area (Å²) in [6.45, 7) is 1.82. The van der Waals surface area contributed by atoms with Crippen molar-refractivity contribution in [3.8, 4) is 5.75 Å². The topological polar surface area (TPSA) is 76.1 Å². The highest BCUT2D eigenvalue weighted by molar-refractivity contribution is 6.31. The highest BCUT2D eigenvalue weighted by Gasteiger charge is 2.13. The van der Waals surface area contributed by atoms with Gasteiger partial charge in [-0.05, 0) is 30.7 Å². The van der Waals surface area contributed by atoms with Gasteiger partial charge in [0.1, 0.15) is 23.7 Å². The quantitative estimate of drug-likeness (QED) is 0.407. The zero-order valence-electron chi connectivity index (χ0n) is 14.9. The van der Waals surface area contributed by atoms with Crippen LogP contribution in [0.2, 0.25) is 5.02 Å². The predicted octanol–water partition coefficient (Wildman–Crippen LogP) is 5.13. The number of hydrogen-bond acceptors (Lipinski definition) is 5. The lowest BCUT2D eigenvalue weighted by Crippen LogP contribution is -2.09. The summed E-state index contributed by atoms with van der Waals surface area (Å²) >= 11 is 11.5. The lowest BCUT2D eigenvalue weighted by Gasteiger charge is -2.14. The number of fused-ring (bicyclic) bond motifs is 1. The summed E-state index contributed by atoms with van der Waals surface area (Å²) in [5, 5.41) is 6.49. The molecule has 0 spiro atoms. The maximum absolute atomic E-state index is 13.4. The molecule has 0 bridgehead atoms. The number of nitrogens with zero attached hydrogens (tertiary/aromatic N) is 2. The molecule has 0 aliphatic carbocycles. The van der Waals surface area contributed by atoms with Crippen LogP contribution in [0.4, 0.5) is 21.6 Å². The number of halogens is 3. The van der Waals surface area contributed by atoms with E-state index in [1.807, 2.05) is 0 Å². The third kappa shape index (κ3) is 4.79. The van der Waals surface area contributed by atoms with Gasteiger partial charge >= 0.3 is 0 Å². The normalized spacial score (nSPS) is 10.7. The van der Waals surface area contributed by atoms with Gasteiger partial charge in [-0.1, -0.05) is 11.6 Å². The van der Waals surface area contributed by atoms with Crippen LogP contribution < -0.4 is 15.4 Å². The molecule has 6 nitrogen and oxygen atoms in total. The second kappa shape index (κ2) is 9.03. The summed E-state index contributed by atoms with van der Waals surface area (Å²) in [5.74, 6) is 0.693. The molecule has 1 amide bonds. The van der Waals surface area contributed by atoms with Crippen LogP contribution >= 0.6 is 23.2 Å². The van der Waals surface area contributed by atoms with E-state index in [2.05, 4.69) is 20.6 Å². The maximum Gasteiger partial charge on any atom is 0.221 e. The number of carbonyl (C=O) groups excluding carboxylic acids is 1. The number of benzene rings is 2. The predicted molar refractivity (Wildman–Crippen MR) is 109 cm³/mol. The minimum absolute atomic E-state index is 0.00252. The van der Waals surface area contributed by atoms with E-state index in [0.717, 1.165) is 0 Å². The van der Waals surface area contributed by atoms with E-state index in [4.69, 9.17) is 27.9 Å². The summed E-state index contributed by atoms with van der Waals surface area (Å²) in [4.78, 5) is 20.1. The van der Waals surface area contributed by atoms with Crippen LogP contribution in [0.5, 0.6) is 5.75 Å². The first kappa shape index (κ1) is 20.1. The Morgan fingerprint density at radius 1 is 1.25 bits per heavy atom. The zero-order chi connectivity index (χ0) is 20.1. The number of ether oxygens (including phenoxy) is 1. The van der Waals surface area contributed by atoms with Crippen molar-refractivity contribution >= 4 is 57.2 Å². The van der Waals surface area contributed by atoms with Crippen molar-refractivity contribution in [1.29, 1.82) is 0 Å². The first-order valence-electron chi connectivity index (χ1n) is 8.45. The van der Waals surface area contributed by atoms with Gasteiger partial charge in [-0.3, -0.25) is 4.79 Å². The van der Waals surface area contributed by atoms with E-state index in [1.165, 1.54) is 25.4 Å². The highest BCUT2D eigenvalue weighted by atomic mass is 35.5. The molecule has 1 heterocycles. The van der Waals surface area contributed by atoms with Gasteiger partial charge in [0.15, 0.2) is 0 Å². The fourth-order valence-electron chi connectivity index (χ4n) is 2.54. The molecule has 2 aromatic carbocycles. The van der Waals surface area contributed by atoms with Crippen molar-refractivity contribution in [2.75, 3.05) is 23.1 Å². The van der Waals surface area contributed by atoms with E-state index >= 15 is 0 Å². The number of amides is 1. The number of aromatic nitrogens is 2. The summed E-state index contributed by atoms with van der Waals surface area (Å²) in [6.07, 6.45) is 2.07. The third-order valence-corrected chi connectivity index (χ3v) is 4.32. The highest BCUT2D eigenvalue weighted by Crippen LogP contribution is 2.34. The minimum Gasteiger partial charge on any atom is -0.491 e. The largest absolute Gasteiger partial charge is 0.491 e. The molecule has 2 N–H and O–H groups in total. The van der Waals surface area contributed by atoms with Gasteiger partial charge in [-0.2, -0.15) is 0 Å². The Morgan fingerprint density at radius 3 is 2.79 bits per heavy atom. The Kier molecular flexibility index (Phi) is 6.49. The van der Waals surface area contributed by atoms with Crippen LogP contribution in [0.1, 0.15) is 13.3 Å². The van der Waals surface area contributed by atoms with E-state index in [1.54, 1.807) is 18.2 Å². The molecule has 146 valence electrons. The second-order valence-electron chi connectivity index (χ2n) is 5.91. The van der Waals surface area contributed by atoms with Crippen molar-refractivity contribution in [3.05, 3.63) is 47.5 Å². The fraction of sp³-hybridized carbons (Fsp3) is 0.211. The van der Waals surface area contributed by atoms with Crippen molar-refractivity contribution in [3.63, 3.8) is 0 Å². The van der Waals surface area contributed by atoms with Gasteiger partial charge in [0, 0.05) is 29.9 Å². The minimum atomic E-state index is -0.508. The number of nitrogens with one attached hydrogen (secondary N) is 2. The summed E-state index contributed by atoms with van der Waals surface area (Å²) in [7, 11) is 0. The fourth-order valence-corrected chi connectivity index (χ4v) is 2.83. The molecule has 0 aliphatic heterocycles. The van der Waals surface area contributed by atoms with E-state index in [9.17, 15) is 9.18 Å². The van der Waals surface area contributed by atoms with Gasteiger partial charge < -0.3 is 15.4 Å². The van der Waals surface area contributed by atoms with Crippen molar-refractivity contribution in [2.45, 2.75) is 13.3 Å². The van der Waals surface area contributed by atoms with E-state index in [0.29, 0.717) is 52.8 Å². The monoisotopic (exact) mass is 422 g/mol. The molecule has 0 atom stereocenters. The van der Waals surface area contributed by atoms with Crippen LogP contribution in [0, 0.1) is 5.82 Å². The first-order chi connectivity index (χ1) is 13.5. The molecule has 28 heavy (non-hydrogen) atoms. The molecule has 1 aromatic heterocycles. The molecule has 0 aliphatic rings. The molecule has 3 rings (SSSR count). The molecular formula is C19H17Cl2FN4O2. The van der Waals surface area contributed by atoms with Crippen LogP contribution in [0.3, 0.4) is 0 Å². The van der Waals surface area contributed by atoms with Crippen molar-refractivity contribution < 1.29 is 13.9 Å². The smallest absolute Gasteiger partial charge is 0.221 e. The third-order valence-electron chi connectivity index (χ3n) is 3.77. The lowest BCUT2D eigenvalue weighted by atomic mass is 10.1. The van der Waals surface area contributed by atoms with Gasteiger partial charge in [-0.15, -0.1) is 11.6 Å². The summed E-state index contributed by atoms with van der Waals surface area (Å²) < 4.78 is 19.1. The van der Waals surface area contributed by atoms with Crippen LogP contribution in [-0.4, -0.2) is 28.4 Å². The number of hydrogen-bond donors (Lipinski definition) is 2. The van der Waals surface area contributed by atoms with Crippen LogP contribution in [0.25, 0.3) is 10.9 Å². The standard InChI is InChI=1S/C19H17Cl2FN4O2/c1-11(27)25-17-8-13-16(9-18(17)28-6-2-5-20)23-10-24-19(13)26-12-3-4-15(22)14(21)7-12/h3-4,7-10H,2,5-6H2,1H3,(H,25,27)(H,23,24,26). The zero-order valence-corrected chi connectivity index (χ0v) is 16.4. The average molecular weight is 423 g/mol. The summed E-state index contributed by atoms with van der Waals surface area (Å²) in [5.41, 5.74) is 1.67. The average Bonchev–Trinajstić information content (AvgIpc) is 2.65. The molecule has 3 aromatic rings. The molecule has 0 saturated heterocycles. The first-order valence-corrected chi connectivity index (χ1v) is 9.36. The van der Waals surface area contributed by atoms with Gasteiger partial charge in [0.05, 0.1) is 22.8 Å². The second-order valence-corrected chi connectivity index (χ2v) is 6.70. The number of rotatable bonds is 7. The Morgan fingerprint density at radius 2 is 2.07 bits per heavy atom. The van der Waals surface area contributed by atoms with Crippen molar-refractivity contribution in [2.24, 2.45) is 0 Å². The molecule has 0 unspecified atom stereocenters. The Labute approximate surface area is 171 Å². The van der Waals surface area contributed by atoms with Gasteiger partial charge in [0.2, 0.25) is 5.91 Å². The maximum atomic E-state index is 13.4.